The summed E-state index contributed by atoms with van der Waals surface area (Å²) < 4.78 is 7.30. The Balaban J connectivity index is 1.89. The van der Waals surface area contributed by atoms with Gasteiger partial charge >= 0.3 is 0 Å². The molecular formula is C13H20N4OS. The summed E-state index contributed by atoms with van der Waals surface area (Å²) in [5.74, 6) is 1.55. The van der Waals surface area contributed by atoms with E-state index in [0.717, 1.165) is 41.9 Å². The number of hydrogen-bond donors (Lipinski definition) is 0. The van der Waals surface area contributed by atoms with E-state index in [0.29, 0.717) is 5.78 Å². The molecule has 5 nitrogen and oxygen atoms in total. The van der Waals surface area contributed by atoms with Crippen LogP contribution in [0.5, 0.6) is 0 Å². The third-order valence-corrected chi connectivity index (χ3v) is 3.50. The van der Waals surface area contributed by atoms with E-state index in [-0.39, 0.29) is 0 Å². The molecule has 0 aliphatic carbocycles. The largest absolute Gasteiger partial charge is 0.381 e. The Morgan fingerprint density at radius 2 is 2.11 bits per heavy atom. The molecule has 0 N–H and O–H groups in total. The van der Waals surface area contributed by atoms with E-state index in [4.69, 9.17) is 4.74 Å². The second-order valence-electron chi connectivity index (χ2n) is 4.46. The second kappa shape index (κ2) is 6.86. The Hall–Kier alpha value is -1.14. The van der Waals surface area contributed by atoms with Crippen molar-refractivity contribution in [3.8, 4) is 0 Å². The summed E-state index contributed by atoms with van der Waals surface area (Å²) >= 11 is 1.61. The van der Waals surface area contributed by atoms with Crippen molar-refractivity contribution in [2.45, 2.75) is 38.8 Å². The van der Waals surface area contributed by atoms with Crippen LogP contribution in [-0.4, -0.2) is 38.5 Å². The molecule has 104 valence electrons. The van der Waals surface area contributed by atoms with Crippen molar-refractivity contribution < 1.29 is 4.74 Å². The van der Waals surface area contributed by atoms with Crippen molar-refractivity contribution in [1.29, 1.82) is 0 Å². The maximum Gasteiger partial charge on any atom is 0.253 e. The van der Waals surface area contributed by atoms with E-state index >= 15 is 0 Å². The molecule has 0 atom stereocenters. The number of aryl methyl sites for hydroxylation is 2. The van der Waals surface area contributed by atoms with E-state index < -0.39 is 0 Å². The maximum atomic E-state index is 5.51. The van der Waals surface area contributed by atoms with Gasteiger partial charge in [0.15, 0.2) is 0 Å². The predicted molar refractivity (Wildman–Crippen MR) is 76.7 cm³/mol. The SMILES string of the molecule is CCCCOCCSc1nc2nc(C)cc(C)n2n1. The van der Waals surface area contributed by atoms with Crippen molar-refractivity contribution in [1.82, 2.24) is 19.6 Å². The van der Waals surface area contributed by atoms with Gasteiger partial charge in [-0.05, 0) is 26.3 Å². The van der Waals surface area contributed by atoms with Gasteiger partial charge in [0.25, 0.3) is 5.78 Å². The highest BCUT2D eigenvalue weighted by molar-refractivity contribution is 7.99. The molecule has 2 aromatic heterocycles. The number of hydrogen-bond acceptors (Lipinski definition) is 5. The Morgan fingerprint density at radius 3 is 2.89 bits per heavy atom. The van der Waals surface area contributed by atoms with Gasteiger partial charge in [-0.1, -0.05) is 25.1 Å². The van der Waals surface area contributed by atoms with Crippen LogP contribution in [0.1, 0.15) is 31.2 Å². The molecule has 2 heterocycles. The zero-order chi connectivity index (χ0) is 13.7. The number of thioether (sulfide) groups is 1. The van der Waals surface area contributed by atoms with Gasteiger partial charge in [-0.25, -0.2) is 9.50 Å². The molecule has 19 heavy (non-hydrogen) atoms. The average Bonchev–Trinajstić information content (AvgIpc) is 2.76. The minimum atomic E-state index is 0.673. The highest BCUT2D eigenvalue weighted by Gasteiger charge is 2.07. The molecule has 0 fully saturated rings. The van der Waals surface area contributed by atoms with Crippen LogP contribution in [0.2, 0.25) is 0 Å². The van der Waals surface area contributed by atoms with Gasteiger partial charge in [-0.15, -0.1) is 5.10 Å². The lowest BCUT2D eigenvalue weighted by Gasteiger charge is -2.00. The fraction of sp³-hybridized carbons (Fsp3) is 0.615. The highest BCUT2D eigenvalue weighted by atomic mass is 32.2. The smallest absolute Gasteiger partial charge is 0.253 e. The lowest BCUT2D eigenvalue weighted by molar-refractivity contribution is 0.147. The molecular weight excluding hydrogens is 260 g/mol. The van der Waals surface area contributed by atoms with Gasteiger partial charge < -0.3 is 4.74 Å². The van der Waals surface area contributed by atoms with E-state index in [1.54, 1.807) is 16.3 Å². The molecule has 0 bridgehead atoms. The van der Waals surface area contributed by atoms with Crippen LogP contribution in [0, 0.1) is 13.8 Å². The van der Waals surface area contributed by atoms with Crippen LogP contribution in [-0.2, 0) is 4.74 Å². The van der Waals surface area contributed by atoms with Crippen molar-refractivity contribution in [2.24, 2.45) is 0 Å². The van der Waals surface area contributed by atoms with Crippen LogP contribution in [0.4, 0.5) is 0 Å². The molecule has 0 unspecified atom stereocenters. The van der Waals surface area contributed by atoms with Gasteiger partial charge in [-0.3, -0.25) is 0 Å². The van der Waals surface area contributed by atoms with Crippen molar-refractivity contribution in [3.63, 3.8) is 0 Å². The quantitative estimate of drug-likeness (QED) is 0.576. The molecule has 0 saturated carbocycles. The van der Waals surface area contributed by atoms with Gasteiger partial charge in [0.2, 0.25) is 5.16 Å². The number of rotatable bonds is 7. The summed E-state index contributed by atoms with van der Waals surface area (Å²) in [5, 5.41) is 5.20. The molecule has 2 aromatic rings. The van der Waals surface area contributed by atoms with E-state index in [1.807, 2.05) is 19.9 Å². The number of nitrogens with zero attached hydrogens (tertiary/aromatic N) is 4. The molecule has 0 aliphatic heterocycles. The summed E-state index contributed by atoms with van der Waals surface area (Å²) in [6.07, 6.45) is 2.30. The first-order valence-corrected chi connectivity index (χ1v) is 7.61. The predicted octanol–water partition coefficient (Wildman–Crippen LogP) is 2.65. The Morgan fingerprint density at radius 1 is 1.26 bits per heavy atom. The summed E-state index contributed by atoms with van der Waals surface area (Å²) in [6.45, 7) is 7.73. The zero-order valence-corrected chi connectivity index (χ0v) is 12.5. The van der Waals surface area contributed by atoms with E-state index in [9.17, 15) is 0 Å². The van der Waals surface area contributed by atoms with Gasteiger partial charge in [0.05, 0.1) is 6.61 Å². The van der Waals surface area contributed by atoms with Crippen LogP contribution >= 0.6 is 11.8 Å². The number of aromatic nitrogens is 4. The van der Waals surface area contributed by atoms with Crippen LogP contribution in [0.25, 0.3) is 5.78 Å². The maximum absolute atomic E-state index is 5.51. The van der Waals surface area contributed by atoms with Crippen LogP contribution in [0.3, 0.4) is 0 Å². The van der Waals surface area contributed by atoms with E-state index in [2.05, 4.69) is 22.0 Å². The number of unbranched alkanes of at least 4 members (excludes halogenated alkanes) is 1. The first-order chi connectivity index (χ1) is 9.20. The lowest BCUT2D eigenvalue weighted by Crippen LogP contribution is -1.99. The van der Waals surface area contributed by atoms with Crippen LogP contribution in [0.15, 0.2) is 11.2 Å². The first-order valence-electron chi connectivity index (χ1n) is 6.62. The third kappa shape index (κ3) is 3.91. The molecule has 0 aromatic carbocycles. The average molecular weight is 280 g/mol. The monoisotopic (exact) mass is 280 g/mol. The molecule has 0 aliphatic rings. The minimum Gasteiger partial charge on any atom is -0.381 e. The summed E-state index contributed by atoms with van der Waals surface area (Å²) in [5.41, 5.74) is 2.03. The third-order valence-electron chi connectivity index (χ3n) is 2.70. The summed E-state index contributed by atoms with van der Waals surface area (Å²) in [6, 6.07) is 2.00. The number of fused-ring (bicyclic) bond motifs is 1. The number of ether oxygens (including phenoxy) is 1. The van der Waals surface area contributed by atoms with Crippen molar-refractivity contribution >= 4 is 17.5 Å². The van der Waals surface area contributed by atoms with Crippen molar-refractivity contribution in [3.05, 3.63) is 17.5 Å². The van der Waals surface area contributed by atoms with E-state index in [1.165, 1.54) is 6.42 Å². The highest BCUT2D eigenvalue weighted by Crippen LogP contribution is 2.15. The Kier molecular flexibility index (Phi) is 5.15. The van der Waals surface area contributed by atoms with Crippen LogP contribution < -0.4 is 0 Å². The van der Waals surface area contributed by atoms with Gasteiger partial charge in [-0.2, -0.15) is 4.98 Å². The topological polar surface area (TPSA) is 52.3 Å². The summed E-state index contributed by atoms with van der Waals surface area (Å²) in [7, 11) is 0. The molecule has 0 saturated heterocycles. The Labute approximate surface area is 117 Å². The molecule has 0 spiro atoms. The Bertz CT molecular complexity index is 541. The van der Waals surface area contributed by atoms with Gasteiger partial charge in [0, 0.05) is 23.7 Å². The molecule has 2 rings (SSSR count). The lowest BCUT2D eigenvalue weighted by atomic mass is 10.4. The zero-order valence-electron chi connectivity index (χ0n) is 11.7. The molecule has 0 amide bonds. The molecule has 6 heteroatoms. The summed E-state index contributed by atoms with van der Waals surface area (Å²) in [4.78, 5) is 8.79. The first kappa shape index (κ1) is 14.3. The van der Waals surface area contributed by atoms with Crippen molar-refractivity contribution in [2.75, 3.05) is 19.0 Å². The normalized spacial score (nSPS) is 11.3. The fourth-order valence-corrected chi connectivity index (χ4v) is 2.42. The second-order valence-corrected chi connectivity index (χ2v) is 5.52. The minimum absolute atomic E-state index is 0.673. The van der Waals surface area contributed by atoms with Gasteiger partial charge in [0.1, 0.15) is 0 Å². The fourth-order valence-electron chi connectivity index (χ4n) is 1.75. The standard InChI is InChI=1S/C13H20N4OS/c1-4-5-6-18-7-8-19-13-15-12-14-10(2)9-11(3)17(12)16-13/h9H,4-8H2,1-3H3. The molecule has 0 radical (unpaired) electrons.